The molecule has 2 heterocycles. The number of halogens is 1. The van der Waals surface area contributed by atoms with Crippen molar-refractivity contribution < 1.29 is 9.53 Å². The van der Waals surface area contributed by atoms with Crippen LogP contribution in [-0.2, 0) is 9.53 Å². The summed E-state index contributed by atoms with van der Waals surface area (Å²) in [4.78, 5) is 19.4. The number of hydrogen-bond acceptors (Lipinski definition) is 4. The minimum atomic E-state index is -0.221. The third-order valence-corrected chi connectivity index (χ3v) is 2.45. The quantitative estimate of drug-likeness (QED) is 0.767. The Morgan fingerprint density at radius 2 is 2.36 bits per heavy atom. The lowest BCUT2D eigenvalue weighted by Crippen LogP contribution is -2.20. The molecule has 0 aliphatic carbocycles. The predicted molar refractivity (Wildman–Crippen MR) is 52.7 cm³/mol. The molecule has 1 aromatic rings. The van der Waals surface area contributed by atoms with Gasteiger partial charge < -0.3 is 4.74 Å². The lowest BCUT2D eigenvalue weighted by atomic mass is 10.1. The highest BCUT2D eigenvalue weighted by molar-refractivity contribution is 9.10. The Morgan fingerprint density at radius 1 is 1.50 bits per heavy atom. The van der Waals surface area contributed by atoms with E-state index in [0.29, 0.717) is 29.7 Å². The van der Waals surface area contributed by atoms with E-state index in [9.17, 15) is 4.79 Å². The molecule has 0 radical (unpaired) electrons. The van der Waals surface area contributed by atoms with Gasteiger partial charge in [-0.25, -0.2) is 4.98 Å². The van der Waals surface area contributed by atoms with Crippen LogP contribution in [0.5, 0.6) is 0 Å². The van der Waals surface area contributed by atoms with Gasteiger partial charge in [0.05, 0.1) is 24.7 Å². The molecule has 0 N–H and O–H groups in total. The molecule has 74 valence electrons. The molecule has 1 aliphatic rings. The molecule has 1 atom stereocenters. The molecule has 1 fully saturated rings. The summed E-state index contributed by atoms with van der Waals surface area (Å²) in [5.74, 6) is 0.225. The van der Waals surface area contributed by atoms with Crippen molar-refractivity contribution in [2.24, 2.45) is 0 Å². The molecule has 0 bridgehead atoms. The van der Waals surface area contributed by atoms with Gasteiger partial charge in [-0.2, -0.15) is 0 Å². The van der Waals surface area contributed by atoms with Gasteiger partial charge in [0.1, 0.15) is 16.5 Å². The van der Waals surface area contributed by atoms with E-state index >= 15 is 0 Å². The molecule has 0 amide bonds. The number of Topliss-reactive ketones (excluding diaryl/α,β-unsaturated/α-hetero) is 1. The first kappa shape index (κ1) is 9.73. The van der Waals surface area contributed by atoms with Gasteiger partial charge in [-0.05, 0) is 15.9 Å². The SMILES string of the molecule is O=C1CCOC(c2cncc(Br)n2)C1. The maximum absolute atomic E-state index is 11.2. The van der Waals surface area contributed by atoms with Crippen molar-refractivity contribution in [1.82, 2.24) is 9.97 Å². The van der Waals surface area contributed by atoms with Crippen LogP contribution in [0.4, 0.5) is 0 Å². The third kappa shape index (κ3) is 2.16. The summed E-state index contributed by atoms with van der Waals surface area (Å²) in [5.41, 5.74) is 0.715. The fraction of sp³-hybridized carbons (Fsp3) is 0.444. The summed E-state index contributed by atoms with van der Waals surface area (Å²) >= 11 is 3.23. The molecule has 2 rings (SSSR count). The number of nitrogens with zero attached hydrogens (tertiary/aromatic N) is 2. The smallest absolute Gasteiger partial charge is 0.138 e. The second-order valence-corrected chi connectivity index (χ2v) is 3.93. The second kappa shape index (κ2) is 4.14. The first-order valence-electron chi connectivity index (χ1n) is 4.36. The molecule has 1 aliphatic heterocycles. The van der Waals surface area contributed by atoms with Crippen molar-refractivity contribution in [1.29, 1.82) is 0 Å². The van der Waals surface area contributed by atoms with Crippen LogP contribution in [0.25, 0.3) is 0 Å². The summed E-state index contributed by atoms with van der Waals surface area (Å²) in [6.07, 6.45) is 3.94. The molecule has 4 nitrogen and oxygen atoms in total. The maximum atomic E-state index is 11.2. The van der Waals surface area contributed by atoms with E-state index < -0.39 is 0 Å². The van der Waals surface area contributed by atoms with Crippen LogP contribution >= 0.6 is 15.9 Å². The van der Waals surface area contributed by atoms with Gasteiger partial charge in [0.25, 0.3) is 0 Å². The van der Waals surface area contributed by atoms with Crippen LogP contribution in [0.15, 0.2) is 17.0 Å². The lowest BCUT2D eigenvalue weighted by Gasteiger charge is -2.20. The van der Waals surface area contributed by atoms with Crippen molar-refractivity contribution in [3.05, 3.63) is 22.7 Å². The van der Waals surface area contributed by atoms with Gasteiger partial charge in [0.2, 0.25) is 0 Å². The van der Waals surface area contributed by atoms with Gasteiger partial charge in [-0.1, -0.05) is 0 Å². The van der Waals surface area contributed by atoms with Crippen molar-refractivity contribution in [2.75, 3.05) is 6.61 Å². The summed E-state index contributed by atoms with van der Waals surface area (Å²) in [6.45, 7) is 0.484. The third-order valence-electron chi connectivity index (χ3n) is 2.07. The van der Waals surface area contributed by atoms with Gasteiger partial charge in [0, 0.05) is 12.8 Å². The summed E-state index contributed by atoms with van der Waals surface area (Å²) in [7, 11) is 0. The Labute approximate surface area is 89.8 Å². The van der Waals surface area contributed by atoms with E-state index in [0.717, 1.165) is 0 Å². The highest BCUT2D eigenvalue weighted by Gasteiger charge is 2.22. The number of carbonyl (C=O) groups is 1. The molecular weight excluding hydrogens is 248 g/mol. The van der Waals surface area contributed by atoms with Gasteiger partial charge in [0.15, 0.2) is 0 Å². The standard InChI is InChI=1S/C9H9BrN2O2/c10-9-5-11-4-7(12-9)8-3-6(13)1-2-14-8/h4-5,8H,1-3H2. The molecule has 1 unspecified atom stereocenters. The monoisotopic (exact) mass is 256 g/mol. The van der Waals surface area contributed by atoms with Crippen LogP contribution in [0, 0.1) is 0 Å². The second-order valence-electron chi connectivity index (χ2n) is 3.12. The first-order chi connectivity index (χ1) is 6.75. The minimum absolute atomic E-state index is 0.221. The van der Waals surface area contributed by atoms with E-state index in [1.807, 2.05) is 0 Å². The Kier molecular flexibility index (Phi) is 2.88. The number of aromatic nitrogens is 2. The Hall–Kier alpha value is -0.810. The zero-order valence-corrected chi connectivity index (χ0v) is 9.03. The maximum Gasteiger partial charge on any atom is 0.138 e. The van der Waals surface area contributed by atoms with Crippen LogP contribution in [0.1, 0.15) is 24.6 Å². The van der Waals surface area contributed by atoms with Gasteiger partial charge in [-0.3, -0.25) is 9.78 Å². The number of ketones is 1. The minimum Gasteiger partial charge on any atom is -0.371 e. The van der Waals surface area contributed by atoms with Gasteiger partial charge in [-0.15, -0.1) is 0 Å². The largest absolute Gasteiger partial charge is 0.371 e. The molecule has 0 saturated carbocycles. The molecule has 1 aromatic heterocycles. The van der Waals surface area contributed by atoms with E-state index in [1.54, 1.807) is 12.4 Å². The molecule has 14 heavy (non-hydrogen) atoms. The van der Waals surface area contributed by atoms with Crippen LogP contribution < -0.4 is 0 Å². The van der Waals surface area contributed by atoms with E-state index in [-0.39, 0.29) is 11.9 Å². The molecule has 1 saturated heterocycles. The fourth-order valence-electron chi connectivity index (χ4n) is 1.38. The first-order valence-corrected chi connectivity index (χ1v) is 5.16. The Morgan fingerprint density at radius 3 is 3.07 bits per heavy atom. The van der Waals surface area contributed by atoms with Gasteiger partial charge >= 0.3 is 0 Å². The van der Waals surface area contributed by atoms with Crippen LogP contribution in [0.3, 0.4) is 0 Å². The number of carbonyl (C=O) groups excluding carboxylic acids is 1. The van der Waals surface area contributed by atoms with Crippen molar-refractivity contribution >= 4 is 21.7 Å². The van der Waals surface area contributed by atoms with Crippen molar-refractivity contribution in [3.63, 3.8) is 0 Å². The Bertz CT molecular complexity index is 356. The molecule has 0 aromatic carbocycles. The number of rotatable bonds is 1. The number of hydrogen-bond donors (Lipinski definition) is 0. The molecular formula is C9H9BrN2O2. The molecule has 0 spiro atoms. The highest BCUT2D eigenvalue weighted by atomic mass is 79.9. The average molecular weight is 257 g/mol. The van der Waals surface area contributed by atoms with Crippen molar-refractivity contribution in [2.45, 2.75) is 18.9 Å². The van der Waals surface area contributed by atoms with Crippen molar-refractivity contribution in [3.8, 4) is 0 Å². The normalized spacial score (nSPS) is 22.4. The predicted octanol–water partition coefficient (Wildman–Crippen LogP) is 1.66. The number of ether oxygens (including phenoxy) is 1. The summed E-state index contributed by atoms with van der Waals surface area (Å²) in [5, 5.41) is 0. The van der Waals surface area contributed by atoms with E-state index in [1.165, 1.54) is 0 Å². The zero-order chi connectivity index (χ0) is 9.97. The summed E-state index contributed by atoms with van der Waals surface area (Å²) < 4.78 is 6.11. The topological polar surface area (TPSA) is 52.1 Å². The fourth-order valence-corrected chi connectivity index (χ4v) is 1.71. The van der Waals surface area contributed by atoms with Crippen LogP contribution in [0.2, 0.25) is 0 Å². The zero-order valence-electron chi connectivity index (χ0n) is 7.44. The molecule has 5 heteroatoms. The highest BCUT2D eigenvalue weighted by Crippen LogP contribution is 2.24. The Balaban J connectivity index is 2.17. The van der Waals surface area contributed by atoms with E-state index in [2.05, 4.69) is 25.9 Å². The lowest BCUT2D eigenvalue weighted by molar-refractivity contribution is -0.128. The van der Waals surface area contributed by atoms with E-state index in [4.69, 9.17) is 4.74 Å². The average Bonchev–Trinajstić information content (AvgIpc) is 2.18. The summed E-state index contributed by atoms with van der Waals surface area (Å²) in [6, 6.07) is 0. The van der Waals surface area contributed by atoms with Crippen LogP contribution in [-0.4, -0.2) is 22.4 Å².